The Hall–Kier alpha value is -1.55. The molecule has 104 valence electrons. The summed E-state index contributed by atoms with van der Waals surface area (Å²) in [6.45, 7) is 6.04. The van der Waals surface area contributed by atoms with E-state index in [0.29, 0.717) is 11.5 Å². The first kappa shape index (κ1) is 13.9. The van der Waals surface area contributed by atoms with Gasteiger partial charge in [-0.1, -0.05) is 13.0 Å². The first-order valence-electron chi connectivity index (χ1n) is 6.76. The van der Waals surface area contributed by atoms with Gasteiger partial charge in [0, 0.05) is 18.2 Å². The summed E-state index contributed by atoms with van der Waals surface area (Å²) < 4.78 is 5.25. The molecule has 0 radical (unpaired) electrons. The summed E-state index contributed by atoms with van der Waals surface area (Å²) in [7, 11) is 1.62. The first-order valence-corrected chi connectivity index (χ1v) is 6.76. The highest BCUT2D eigenvalue weighted by molar-refractivity contribution is 5.94. The molecule has 19 heavy (non-hydrogen) atoms. The van der Waals surface area contributed by atoms with Crippen LogP contribution in [0.25, 0.3) is 0 Å². The maximum atomic E-state index is 12.2. The Bertz CT molecular complexity index is 459. The fourth-order valence-corrected chi connectivity index (χ4v) is 2.50. The van der Waals surface area contributed by atoms with Crippen molar-refractivity contribution in [2.45, 2.75) is 26.3 Å². The predicted octanol–water partition coefficient (Wildman–Crippen LogP) is 1.73. The van der Waals surface area contributed by atoms with Crippen molar-refractivity contribution in [3.05, 3.63) is 29.3 Å². The molecule has 2 unspecified atom stereocenters. The number of carbonyl (C=O) groups is 1. The zero-order valence-corrected chi connectivity index (χ0v) is 11.8. The van der Waals surface area contributed by atoms with Gasteiger partial charge in [-0.2, -0.15) is 0 Å². The molecule has 0 spiro atoms. The zero-order chi connectivity index (χ0) is 13.8. The average molecular weight is 262 g/mol. The Morgan fingerprint density at radius 1 is 1.42 bits per heavy atom. The van der Waals surface area contributed by atoms with E-state index in [4.69, 9.17) is 4.74 Å². The molecule has 1 aromatic rings. The molecule has 4 heteroatoms. The van der Waals surface area contributed by atoms with Crippen molar-refractivity contribution in [3.63, 3.8) is 0 Å². The molecule has 0 saturated carbocycles. The van der Waals surface area contributed by atoms with Crippen LogP contribution in [-0.2, 0) is 0 Å². The standard InChI is InChI=1S/C15H22N2O2/c1-10-6-13(9-16-8-10)17-15(18)12-5-4-11(2)14(7-12)19-3/h4-5,7,10,13,16H,6,8-9H2,1-3H3,(H,17,18). The van der Waals surface area contributed by atoms with Crippen LogP contribution in [0.2, 0.25) is 0 Å². The molecule has 4 nitrogen and oxygen atoms in total. The van der Waals surface area contributed by atoms with Crippen LogP contribution in [0.3, 0.4) is 0 Å². The smallest absolute Gasteiger partial charge is 0.251 e. The van der Waals surface area contributed by atoms with Gasteiger partial charge in [0.15, 0.2) is 0 Å². The summed E-state index contributed by atoms with van der Waals surface area (Å²) in [5.74, 6) is 1.33. The molecule has 1 amide bonds. The molecular weight excluding hydrogens is 240 g/mol. The monoisotopic (exact) mass is 262 g/mol. The zero-order valence-electron chi connectivity index (χ0n) is 11.8. The number of methoxy groups -OCH3 is 1. The van der Waals surface area contributed by atoms with E-state index in [1.807, 2.05) is 19.1 Å². The van der Waals surface area contributed by atoms with E-state index in [-0.39, 0.29) is 11.9 Å². The van der Waals surface area contributed by atoms with Gasteiger partial charge in [0.2, 0.25) is 0 Å². The van der Waals surface area contributed by atoms with Crippen LogP contribution in [0, 0.1) is 12.8 Å². The number of piperidine rings is 1. The van der Waals surface area contributed by atoms with Gasteiger partial charge in [-0.25, -0.2) is 0 Å². The van der Waals surface area contributed by atoms with Crippen LogP contribution in [-0.4, -0.2) is 32.1 Å². The van der Waals surface area contributed by atoms with Crippen LogP contribution >= 0.6 is 0 Å². The SMILES string of the molecule is COc1cc(C(=O)NC2CNCC(C)C2)ccc1C. The van der Waals surface area contributed by atoms with Crippen molar-refractivity contribution in [1.29, 1.82) is 0 Å². The van der Waals surface area contributed by atoms with E-state index < -0.39 is 0 Å². The molecule has 2 N–H and O–H groups in total. The van der Waals surface area contributed by atoms with E-state index in [1.165, 1.54) is 0 Å². The summed E-state index contributed by atoms with van der Waals surface area (Å²) in [4.78, 5) is 12.2. The Labute approximate surface area is 114 Å². The lowest BCUT2D eigenvalue weighted by molar-refractivity contribution is 0.0925. The van der Waals surface area contributed by atoms with Gasteiger partial charge in [-0.15, -0.1) is 0 Å². The molecule has 1 fully saturated rings. The lowest BCUT2D eigenvalue weighted by atomic mass is 9.97. The minimum Gasteiger partial charge on any atom is -0.496 e. The number of aryl methyl sites for hydroxylation is 1. The number of hydrogen-bond acceptors (Lipinski definition) is 3. The van der Waals surface area contributed by atoms with Gasteiger partial charge in [-0.3, -0.25) is 4.79 Å². The van der Waals surface area contributed by atoms with Crippen molar-refractivity contribution in [1.82, 2.24) is 10.6 Å². The third-order valence-corrected chi connectivity index (χ3v) is 3.58. The quantitative estimate of drug-likeness (QED) is 0.872. The summed E-state index contributed by atoms with van der Waals surface area (Å²) in [6, 6.07) is 5.76. The largest absolute Gasteiger partial charge is 0.496 e. The number of carbonyl (C=O) groups excluding carboxylic acids is 1. The number of amides is 1. The third-order valence-electron chi connectivity index (χ3n) is 3.58. The highest BCUT2D eigenvalue weighted by Crippen LogP contribution is 2.19. The van der Waals surface area contributed by atoms with Crippen LogP contribution in [0.5, 0.6) is 5.75 Å². The normalized spacial score (nSPS) is 22.9. The molecule has 2 rings (SSSR count). The summed E-state index contributed by atoms with van der Waals surface area (Å²) >= 11 is 0. The number of benzene rings is 1. The van der Waals surface area contributed by atoms with Crippen LogP contribution < -0.4 is 15.4 Å². The van der Waals surface area contributed by atoms with Gasteiger partial charge in [0.25, 0.3) is 5.91 Å². The molecular formula is C15H22N2O2. The molecule has 1 aliphatic heterocycles. The fourth-order valence-electron chi connectivity index (χ4n) is 2.50. The highest BCUT2D eigenvalue weighted by atomic mass is 16.5. The number of hydrogen-bond donors (Lipinski definition) is 2. The summed E-state index contributed by atoms with van der Waals surface area (Å²) in [5, 5.41) is 6.41. The molecule has 1 aromatic carbocycles. The van der Waals surface area contributed by atoms with Gasteiger partial charge in [0.1, 0.15) is 5.75 Å². The van der Waals surface area contributed by atoms with Gasteiger partial charge in [0.05, 0.1) is 7.11 Å². The maximum Gasteiger partial charge on any atom is 0.251 e. The second-order valence-electron chi connectivity index (χ2n) is 5.35. The Balaban J connectivity index is 2.03. The van der Waals surface area contributed by atoms with Crippen molar-refractivity contribution >= 4 is 5.91 Å². The second-order valence-corrected chi connectivity index (χ2v) is 5.35. The van der Waals surface area contributed by atoms with Crippen molar-refractivity contribution in [2.75, 3.05) is 20.2 Å². The van der Waals surface area contributed by atoms with Gasteiger partial charge in [-0.05, 0) is 43.5 Å². The number of ether oxygens (including phenoxy) is 1. The van der Waals surface area contributed by atoms with Crippen LogP contribution in [0.4, 0.5) is 0 Å². The van der Waals surface area contributed by atoms with E-state index in [0.717, 1.165) is 30.8 Å². The van der Waals surface area contributed by atoms with E-state index in [9.17, 15) is 4.79 Å². The fraction of sp³-hybridized carbons (Fsp3) is 0.533. The van der Waals surface area contributed by atoms with Gasteiger partial charge >= 0.3 is 0 Å². The highest BCUT2D eigenvalue weighted by Gasteiger charge is 2.20. The molecule has 1 saturated heterocycles. The minimum atomic E-state index is -0.0285. The summed E-state index contributed by atoms with van der Waals surface area (Å²) in [6.07, 6.45) is 1.03. The molecule has 0 bridgehead atoms. The molecule has 1 heterocycles. The maximum absolute atomic E-state index is 12.2. The minimum absolute atomic E-state index is 0.0285. The van der Waals surface area contributed by atoms with E-state index in [2.05, 4.69) is 17.6 Å². The van der Waals surface area contributed by atoms with Crippen LogP contribution in [0.15, 0.2) is 18.2 Å². The second kappa shape index (κ2) is 6.06. The van der Waals surface area contributed by atoms with E-state index >= 15 is 0 Å². The molecule has 0 aliphatic carbocycles. The average Bonchev–Trinajstić information content (AvgIpc) is 2.39. The van der Waals surface area contributed by atoms with Crippen molar-refractivity contribution in [3.8, 4) is 5.75 Å². The Morgan fingerprint density at radius 3 is 2.89 bits per heavy atom. The lowest BCUT2D eigenvalue weighted by Crippen LogP contribution is -2.48. The topological polar surface area (TPSA) is 50.4 Å². The van der Waals surface area contributed by atoms with E-state index in [1.54, 1.807) is 13.2 Å². The molecule has 0 aromatic heterocycles. The Kier molecular flexibility index (Phi) is 4.43. The van der Waals surface area contributed by atoms with Gasteiger partial charge < -0.3 is 15.4 Å². The first-order chi connectivity index (χ1) is 9.10. The van der Waals surface area contributed by atoms with Crippen molar-refractivity contribution in [2.24, 2.45) is 5.92 Å². The van der Waals surface area contributed by atoms with Crippen molar-refractivity contribution < 1.29 is 9.53 Å². The Morgan fingerprint density at radius 2 is 2.21 bits per heavy atom. The number of nitrogens with one attached hydrogen (secondary N) is 2. The molecule has 2 atom stereocenters. The predicted molar refractivity (Wildman–Crippen MR) is 75.6 cm³/mol. The lowest BCUT2D eigenvalue weighted by Gasteiger charge is -2.28. The third kappa shape index (κ3) is 3.47. The number of rotatable bonds is 3. The summed E-state index contributed by atoms with van der Waals surface area (Å²) in [5.41, 5.74) is 1.69. The van der Waals surface area contributed by atoms with Crippen LogP contribution in [0.1, 0.15) is 29.3 Å². The molecule has 1 aliphatic rings.